The number of hydrogen-bond acceptors (Lipinski definition) is 3. The van der Waals surface area contributed by atoms with E-state index in [0.717, 1.165) is 6.07 Å². The lowest BCUT2D eigenvalue weighted by Gasteiger charge is -2.09. The normalized spacial score (nSPS) is 10.5. The Morgan fingerprint density at radius 3 is 2.48 bits per heavy atom. The Morgan fingerprint density at radius 2 is 1.81 bits per heavy atom. The number of nitrogen functional groups attached to an aromatic ring is 1. The largest absolute Gasteiger partial charge is 0.457 e. The molecule has 0 saturated carbocycles. The smallest absolute Gasteiger partial charge is 0.340 e. The molecule has 2 aromatic rings. The average Bonchev–Trinajstić information content (AvgIpc) is 2.41. The van der Waals surface area contributed by atoms with Crippen molar-refractivity contribution < 1.29 is 18.3 Å². The van der Waals surface area contributed by atoms with Crippen LogP contribution < -0.4 is 5.73 Å². The molecule has 0 bridgehead atoms. The molecule has 2 rings (SSSR count). The average molecular weight is 332 g/mol. The first-order chi connectivity index (χ1) is 9.88. The summed E-state index contributed by atoms with van der Waals surface area (Å²) in [5.74, 6) is -3.19. The molecular formula is C14H9Cl2F2NO2. The van der Waals surface area contributed by atoms with Gasteiger partial charge in [0.2, 0.25) is 0 Å². The Morgan fingerprint density at radius 1 is 1.14 bits per heavy atom. The van der Waals surface area contributed by atoms with Crippen molar-refractivity contribution in [1.82, 2.24) is 0 Å². The van der Waals surface area contributed by atoms with E-state index in [9.17, 15) is 13.6 Å². The van der Waals surface area contributed by atoms with Crippen LogP contribution in [0.1, 0.15) is 15.9 Å². The molecule has 0 aliphatic carbocycles. The van der Waals surface area contributed by atoms with Crippen LogP contribution in [0.15, 0.2) is 30.3 Å². The SMILES string of the molecule is Nc1cc(F)c(F)cc1C(=O)OCc1ccc(Cl)cc1Cl. The summed E-state index contributed by atoms with van der Waals surface area (Å²) >= 11 is 11.7. The Kier molecular flexibility index (Phi) is 4.65. The highest BCUT2D eigenvalue weighted by atomic mass is 35.5. The Bertz CT molecular complexity index is 708. The van der Waals surface area contributed by atoms with E-state index in [4.69, 9.17) is 33.7 Å². The fourth-order valence-corrected chi connectivity index (χ4v) is 2.06. The van der Waals surface area contributed by atoms with Crippen molar-refractivity contribution in [3.8, 4) is 0 Å². The fourth-order valence-electron chi connectivity index (χ4n) is 1.60. The molecular weight excluding hydrogens is 323 g/mol. The number of anilines is 1. The zero-order chi connectivity index (χ0) is 15.6. The van der Waals surface area contributed by atoms with E-state index in [-0.39, 0.29) is 17.9 Å². The molecule has 0 radical (unpaired) electrons. The lowest BCUT2D eigenvalue weighted by atomic mass is 10.1. The van der Waals surface area contributed by atoms with E-state index >= 15 is 0 Å². The molecule has 0 aliphatic rings. The Hall–Kier alpha value is -1.85. The molecule has 0 saturated heterocycles. The number of ether oxygens (including phenoxy) is 1. The first kappa shape index (κ1) is 15.5. The maximum Gasteiger partial charge on any atom is 0.340 e. The number of carbonyl (C=O) groups excluding carboxylic acids is 1. The van der Waals surface area contributed by atoms with E-state index in [1.807, 2.05) is 0 Å². The quantitative estimate of drug-likeness (QED) is 0.677. The molecule has 0 heterocycles. The number of carbonyl (C=O) groups is 1. The second-order valence-electron chi connectivity index (χ2n) is 4.17. The number of nitrogens with two attached hydrogens (primary N) is 1. The van der Waals surface area contributed by atoms with E-state index in [1.165, 1.54) is 6.07 Å². The molecule has 2 aromatic carbocycles. The minimum Gasteiger partial charge on any atom is -0.457 e. The summed E-state index contributed by atoms with van der Waals surface area (Å²) < 4.78 is 31.0. The van der Waals surface area contributed by atoms with Crippen LogP contribution in [0.2, 0.25) is 10.0 Å². The second-order valence-corrected chi connectivity index (χ2v) is 5.01. The molecule has 0 amide bonds. The second kappa shape index (κ2) is 6.28. The van der Waals surface area contributed by atoms with Crippen molar-refractivity contribution in [1.29, 1.82) is 0 Å². The highest BCUT2D eigenvalue weighted by Crippen LogP contribution is 2.23. The number of esters is 1. The predicted octanol–water partition coefficient (Wildman–Crippen LogP) is 4.21. The minimum absolute atomic E-state index is 0.146. The van der Waals surface area contributed by atoms with Crippen molar-refractivity contribution in [2.24, 2.45) is 0 Å². The zero-order valence-electron chi connectivity index (χ0n) is 10.5. The first-order valence-electron chi connectivity index (χ1n) is 5.74. The van der Waals surface area contributed by atoms with Gasteiger partial charge in [-0.3, -0.25) is 0 Å². The summed E-state index contributed by atoms with van der Waals surface area (Å²) in [6.45, 7) is -0.146. The number of rotatable bonds is 3. The predicted molar refractivity (Wildman–Crippen MR) is 76.4 cm³/mol. The minimum atomic E-state index is -1.18. The highest BCUT2D eigenvalue weighted by Gasteiger charge is 2.16. The monoisotopic (exact) mass is 331 g/mol. The van der Waals surface area contributed by atoms with Crippen molar-refractivity contribution in [2.45, 2.75) is 6.61 Å². The molecule has 110 valence electrons. The standard InChI is InChI=1S/C14H9Cl2F2NO2/c15-8-2-1-7(10(16)3-8)6-21-14(20)9-4-11(17)12(18)5-13(9)19/h1-5H,6,19H2. The van der Waals surface area contributed by atoms with Crippen LogP contribution >= 0.6 is 23.2 Å². The van der Waals surface area contributed by atoms with Crippen LogP contribution in [0.5, 0.6) is 0 Å². The lowest BCUT2D eigenvalue weighted by Crippen LogP contribution is -2.10. The lowest BCUT2D eigenvalue weighted by molar-refractivity contribution is 0.0473. The third-order valence-electron chi connectivity index (χ3n) is 2.69. The van der Waals surface area contributed by atoms with Gasteiger partial charge < -0.3 is 10.5 Å². The molecule has 0 aliphatic heterocycles. The number of hydrogen-bond donors (Lipinski definition) is 1. The molecule has 0 spiro atoms. The molecule has 0 unspecified atom stereocenters. The van der Waals surface area contributed by atoms with Gasteiger partial charge in [0.15, 0.2) is 11.6 Å². The van der Waals surface area contributed by atoms with E-state index in [0.29, 0.717) is 21.7 Å². The van der Waals surface area contributed by atoms with Gasteiger partial charge in [-0.2, -0.15) is 0 Å². The maximum atomic E-state index is 13.1. The Labute approximate surface area is 129 Å². The van der Waals surface area contributed by atoms with E-state index in [2.05, 4.69) is 0 Å². The first-order valence-corrected chi connectivity index (χ1v) is 6.49. The van der Waals surface area contributed by atoms with Crippen LogP contribution in [0.25, 0.3) is 0 Å². The van der Waals surface area contributed by atoms with Gasteiger partial charge in [0.25, 0.3) is 0 Å². The van der Waals surface area contributed by atoms with Crippen molar-refractivity contribution >= 4 is 34.9 Å². The van der Waals surface area contributed by atoms with Gasteiger partial charge in [-0.1, -0.05) is 29.3 Å². The summed E-state index contributed by atoms with van der Waals surface area (Å²) in [6.07, 6.45) is 0. The summed E-state index contributed by atoms with van der Waals surface area (Å²) in [4.78, 5) is 11.8. The molecule has 21 heavy (non-hydrogen) atoms. The van der Waals surface area contributed by atoms with Gasteiger partial charge in [0, 0.05) is 27.4 Å². The molecule has 0 aromatic heterocycles. The molecule has 2 N–H and O–H groups in total. The molecule has 0 atom stereocenters. The highest BCUT2D eigenvalue weighted by molar-refractivity contribution is 6.35. The van der Waals surface area contributed by atoms with Crippen LogP contribution in [0.3, 0.4) is 0 Å². The van der Waals surface area contributed by atoms with Crippen LogP contribution in [-0.4, -0.2) is 5.97 Å². The summed E-state index contributed by atoms with van der Waals surface area (Å²) in [6, 6.07) is 6.09. The third kappa shape index (κ3) is 3.62. The molecule has 3 nitrogen and oxygen atoms in total. The number of benzene rings is 2. The number of halogens is 4. The zero-order valence-corrected chi connectivity index (χ0v) is 12.0. The van der Waals surface area contributed by atoms with Gasteiger partial charge in [-0.15, -0.1) is 0 Å². The molecule has 7 heteroatoms. The van der Waals surface area contributed by atoms with Crippen LogP contribution in [0.4, 0.5) is 14.5 Å². The summed E-state index contributed by atoms with van der Waals surface area (Å²) in [7, 11) is 0. The summed E-state index contributed by atoms with van der Waals surface area (Å²) in [5, 5.41) is 0.772. The third-order valence-corrected chi connectivity index (χ3v) is 3.27. The topological polar surface area (TPSA) is 52.3 Å². The van der Waals surface area contributed by atoms with Crippen LogP contribution in [0, 0.1) is 11.6 Å². The van der Waals surface area contributed by atoms with Crippen molar-refractivity contribution in [3.05, 3.63) is 63.1 Å². The van der Waals surface area contributed by atoms with Gasteiger partial charge in [0.05, 0.1) is 5.56 Å². The maximum absolute atomic E-state index is 13.1. The van der Waals surface area contributed by atoms with Gasteiger partial charge in [0.1, 0.15) is 6.61 Å². The van der Waals surface area contributed by atoms with Crippen LogP contribution in [-0.2, 0) is 11.3 Å². The fraction of sp³-hybridized carbons (Fsp3) is 0.0714. The summed E-state index contributed by atoms with van der Waals surface area (Å²) in [5.41, 5.74) is 5.52. The molecule has 0 fully saturated rings. The van der Waals surface area contributed by atoms with Gasteiger partial charge in [-0.25, -0.2) is 13.6 Å². The van der Waals surface area contributed by atoms with Crippen molar-refractivity contribution in [3.63, 3.8) is 0 Å². The van der Waals surface area contributed by atoms with Gasteiger partial charge in [-0.05, 0) is 18.2 Å². The van der Waals surface area contributed by atoms with E-state index in [1.54, 1.807) is 12.1 Å². The van der Waals surface area contributed by atoms with E-state index < -0.39 is 17.6 Å². The Balaban J connectivity index is 2.13. The van der Waals surface area contributed by atoms with Gasteiger partial charge >= 0.3 is 5.97 Å². The van der Waals surface area contributed by atoms with Crippen molar-refractivity contribution in [2.75, 3.05) is 5.73 Å².